The van der Waals surface area contributed by atoms with Gasteiger partial charge in [-0.2, -0.15) is 0 Å². The summed E-state index contributed by atoms with van der Waals surface area (Å²) >= 11 is 7.81. The van der Waals surface area contributed by atoms with Gasteiger partial charge in [0.05, 0.1) is 30.8 Å². The number of fused-ring (bicyclic) bond motifs is 1. The summed E-state index contributed by atoms with van der Waals surface area (Å²) in [4.78, 5) is 54.8. The molecule has 0 radical (unpaired) electrons. The quantitative estimate of drug-likeness (QED) is 0.139. The fourth-order valence-electron chi connectivity index (χ4n) is 7.23. The van der Waals surface area contributed by atoms with Crippen LogP contribution in [-0.4, -0.2) is 83.6 Å². The number of benzene rings is 2. The number of pyridine rings is 1. The highest BCUT2D eigenvalue weighted by molar-refractivity contribution is 7.91. The first-order chi connectivity index (χ1) is 26.5. The number of nitrogens with zero attached hydrogens (tertiary/aromatic N) is 3. The van der Waals surface area contributed by atoms with Gasteiger partial charge < -0.3 is 25.0 Å². The highest BCUT2D eigenvalue weighted by Gasteiger charge is 2.62. The lowest BCUT2D eigenvalue weighted by molar-refractivity contribution is -0.141. The zero-order chi connectivity index (χ0) is 40.2. The molecule has 1 aliphatic heterocycles. The van der Waals surface area contributed by atoms with Crippen LogP contribution in [-0.2, 0) is 24.4 Å². The van der Waals surface area contributed by atoms with E-state index in [-0.39, 0.29) is 31.2 Å². The Labute approximate surface area is 335 Å². The number of rotatable bonds is 13. The van der Waals surface area contributed by atoms with Crippen molar-refractivity contribution in [3.63, 3.8) is 0 Å². The molecule has 3 aliphatic rings. The van der Waals surface area contributed by atoms with Crippen molar-refractivity contribution in [1.29, 1.82) is 0 Å². The number of likely N-dealkylation sites (tertiary alicyclic amines) is 1. The minimum Gasteiger partial charge on any atom is -0.494 e. The molecule has 4 aromatic rings. The Bertz CT molecular complexity index is 2310. The number of nitrogens with one attached hydrogen (secondary N) is 3. The molecule has 3 heterocycles. The Morgan fingerprint density at radius 3 is 2.50 bits per heavy atom. The van der Waals surface area contributed by atoms with Crippen molar-refractivity contribution in [2.24, 2.45) is 11.3 Å². The molecule has 13 nitrogen and oxygen atoms in total. The first-order valence-corrected chi connectivity index (χ1v) is 21.2. The SMILES string of the molecule is C=C[C@@H]1C[C@]1(NC(=O)[C@@H]1C[C@@H](Oc2ncc(OC)c3ccc(Cl)cc23)CN1C(=O)[C@@H](Nc1nc(-c2ccccc2)c(C)s1)C(C)(C)C)C(=O)NS(=O)(=O)C1CC1. The third kappa shape index (κ3) is 7.81. The number of ether oxygens (including phenoxy) is 2. The van der Waals surface area contributed by atoms with Crippen molar-refractivity contribution >= 4 is 66.6 Å². The predicted octanol–water partition coefficient (Wildman–Crippen LogP) is 5.87. The molecule has 0 unspecified atom stereocenters. The highest BCUT2D eigenvalue weighted by atomic mass is 35.5. The molecule has 3 amide bonds. The zero-order valence-corrected chi connectivity index (χ0v) is 34.2. The monoisotopic (exact) mass is 820 g/mol. The van der Waals surface area contributed by atoms with E-state index in [4.69, 9.17) is 26.1 Å². The molecule has 0 spiro atoms. The first-order valence-electron chi connectivity index (χ1n) is 18.4. The Morgan fingerprint density at radius 2 is 1.86 bits per heavy atom. The van der Waals surface area contributed by atoms with Crippen LogP contribution in [0, 0.1) is 18.3 Å². The van der Waals surface area contributed by atoms with Gasteiger partial charge in [0.15, 0.2) is 5.13 Å². The number of hydrogen-bond acceptors (Lipinski definition) is 11. The van der Waals surface area contributed by atoms with Crippen molar-refractivity contribution in [3.05, 3.63) is 77.3 Å². The van der Waals surface area contributed by atoms with Crippen molar-refractivity contribution in [2.75, 3.05) is 19.0 Å². The van der Waals surface area contributed by atoms with Crippen molar-refractivity contribution in [2.45, 2.75) is 82.4 Å². The van der Waals surface area contributed by atoms with E-state index in [0.29, 0.717) is 39.5 Å². The minimum atomic E-state index is -3.89. The fraction of sp³-hybridized carbons (Fsp3) is 0.425. The lowest BCUT2D eigenvalue weighted by Gasteiger charge is -2.35. The van der Waals surface area contributed by atoms with Crippen LogP contribution in [0.15, 0.2) is 67.4 Å². The number of thiazole rings is 1. The van der Waals surface area contributed by atoms with Gasteiger partial charge in [-0.1, -0.05) is 68.8 Å². The van der Waals surface area contributed by atoms with Gasteiger partial charge in [-0.15, -0.1) is 17.9 Å². The van der Waals surface area contributed by atoms with E-state index in [9.17, 15) is 22.8 Å². The van der Waals surface area contributed by atoms with Crippen LogP contribution in [0.4, 0.5) is 5.13 Å². The molecule has 2 aliphatic carbocycles. The van der Waals surface area contributed by atoms with E-state index in [1.807, 2.05) is 58.0 Å². The molecule has 56 heavy (non-hydrogen) atoms. The Morgan fingerprint density at radius 1 is 1.12 bits per heavy atom. The third-order valence-electron chi connectivity index (χ3n) is 10.6. The second-order valence-electron chi connectivity index (χ2n) is 15.7. The summed E-state index contributed by atoms with van der Waals surface area (Å²) in [6.07, 6.45) is 3.50. The van der Waals surface area contributed by atoms with Crippen molar-refractivity contribution < 1.29 is 32.3 Å². The van der Waals surface area contributed by atoms with Crippen LogP contribution in [0.25, 0.3) is 22.0 Å². The molecule has 2 aromatic heterocycles. The van der Waals surface area contributed by atoms with E-state index in [1.54, 1.807) is 18.2 Å². The maximum atomic E-state index is 14.9. The standard InChI is InChI=1S/C40H45ClN6O7S2/c1-7-24-19-40(24,37(50)46-56(51,52)27-14-15-27)45-34(48)30-18-26(54-35-29-17-25(41)13-16-28(29)31(53-6)20-42-35)21-47(30)36(49)33(39(3,4)5)44-38-43-32(22(2)55-38)23-11-9-8-10-12-23/h7-13,16-17,20,24,26-27,30,33H,1,14-15,18-19,21H2,2-6H3,(H,43,44)(H,45,48)(H,46,50)/t24-,26-,30+,33-,40-/m1/s1. The van der Waals surface area contributed by atoms with Gasteiger partial charge >= 0.3 is 0 Å². The summed E-state index contributed by atoms with van der Waals surface area (Å²) in [7, 11) is -2.36. The number of aromatic nitrogens is 2. The average molecular weight is 821 g/mol. The molecular weight excluding hydrogens is 776 g/mol. The van der Waals surface area contributed by atoms with E-state index < -0.39 is 62.1 Å². The van der Waals surface area contributed by atoms with Crippen LogP contribution in [0.1, 0.15) is 51.3 Å². The van der Waals surface area contributed by atoms with E-state index in [2.05, 4.69) is 26.9 Å². The summed E-state index contributed by atoms with van der Waals surface area (Å²) in [5.41, 5.74) is -0.437. The Hall–Kier alpha value is -4.73. The lowest BCUT2D eigenvalue weighted by Crippen LogP contribution is -2.58. The van der Waals surface area contributed by atoms with Gasteiger partial charge in [0.2, 0.25) is 27.7 Å². The van der Waals surface area contributed by atoms with E-state index >= 15 is 0 Å². The number of carbonyl (C=O) groups excluding carboxylic acids is 3. The smallest absolute Gasteiger partial charge is 0.259 e. The molecule has 0 bridgehead atoms. The third-order valence-corrected chi connectivity index (χ3v) is 13.6. The summed E-state index contributed by atoms with van der Waals surface area (Å²) in [5, 5.41) is 7.92. The largest absolute Gasteiger partial charge is 0.494 e. The number of aryl methyl sites for hydroxylation is 1. The Balaban J connectivity index is 1.20. The van der Waals surface area contributed by atoms with Gasteiger partial charge in [0.25, 0.3) is 5.91 Å². The normalized spacial score (nSPS) is 22.6. The van der Waals surface area contributed by atoms with Crippen LogP contribution < -0.4 is 24.8 Å². The maximum Gasteiger partial charge on any atom is 0.259 e. The van der Waals surface area contributed by atoms with Crippen molar-refractivity contribution in [3.8, 4) is 22.9 Å². The fourth-order valence-corrected chi connectivity index (χ4v) is 9.63. The number of sulfonamides is 1. The summed E-state index contributed by atoms with van der Waals surface area (Å²) in [5.74, 6) is -1.56. The Kier molecular flexibility index (Phi) is 10.6. The first kappa shape index (κ1) is 39.5. The second-order valence-corrected chi connectivity index (χ2v) is 19.3. The molecule has 296 valence electrons. The molecule has 3 N–H and O–H groups in total. The van der Waals surface area contributed by atoms with Gasteiger partial charge in [0, 0.05) is 38.6 Å². The zero-order valence-electron chi connectivity index (χ0n) is 31.8. The molecule has 2 saturated carbocycles. The highest BCUT2D eigenvalue weighted by Crippen LogP contribution is 2.46. The molecule has 3 fully saturated rings. The minimum absolute atomic E-state index is 0.00720. The van der Waals surface area contributed by atoms with Crippen LogP contribution >= 0.6 is 22.9 Å². The van der Waals surface area contributed by atoms with Crippen LogP contribution in [0.5, 0.6) is 11.6 Å². The molecule has 1 saturated heterocycles. The topological polar surface area (TPSA) is 169 Å². The molecule has 2 aromatic carbocycles. The summed E-state index contributed by atoms with van der Waals surface area (Å²) in [6, 6.07) is 13.1. The van der Waals surface area contributed by atoms with Gasteiger partial charge in [-0.3, -0.25) is 19.1 Å². The van der Waals surface area contributed by atoms with E-state index in [1.165, 1.54) is 35.6 Å². The average Bonchev–Trinajstić information content (AvgIpc) is 4.06. The number of methoxy groups -OCH3 is 1. The van der Waals surface area contributed by atoms with Crippen molar-refractivity contribution in [1.82, 2.24) is 24.9 Å². The summed E-state index contributed by atoms with van der Waals surface area (Å²) < 4.78 is 39.7. The van der Waals surface area contributed by atoms with Gasteiger partial charge in [0.1, 0.15) is 29.5 Å². The second kappa shape index (κ2) is 15.0. The molecule has 7 rings (SSSR count). The van der Waals surface area contributed by atoms with Crippen LogP contribution in [0.2, 0.25) is 5.02 Å². The van der Waals surface area contributed by atoms with Gasteiger partial charge in [-0.05, 0) is 49.8 Å². The number of hydrogen-bond donors (Lipinski definition) is 3. The number of amides is 3. The lowest BCUT2D eigenvalue weighted by atomic mass is 9.85. The molecule has 16 heteroatoms. The number of halogens is 1. The summed E-state index contributed by atoms with van der Waals surface area (Å²) in [6.45, 7) is 11.6. The van der Waals surface area contributed by atoms with Crippen LogP contribution in [0.3, 0.4) is 0 Å². The number of anilines is 1. The maximum absolute atomic E-state index is 14.9. The molecular formula is C40H45ClN6O7S2. The predicted molar refractivity (Wildman–Crippen MR) is 216 cm³/mol. The number of carbonyl (C=O) groups is 3. The van der Waals surface area contributed by atoms with Gasteiger partial charge in [-0.25, -0.2) is 18.4 Å². The molecule has 5 atom stereocenters. The van der Waals surface area contributed by atoms with E-state index in [0.717, 1.165) is 16.1 Å².